The number of nitrogens with one attached hydrogen (secondary N) is 2. The van der Waals surface area contributed by atoms with Gasteiger partial charge < -0.3 is 20.2 Å². The molecule has 0 saturated heterocycles. The Labute approximate surface area is 161 Å². The SMILES string of the molecule is CC(=O)Nc1ccc(NC(=O)Cc2c(C)c3ccc(O)c(C)c3oc2=O)cc1. The summed E-state index contributed by atoms with van der Waals surface area (Å²) in [7, 11) is 0. The van der Waals surface area contributed by atoms with Crippen molar-refractivity contribution in [3.8, 4) is 5.75 Å². The van der Waals surface area contributed by atoms with Crippen molar-refractivity contribution in [2.45, 2.75) is 27.2 Å². The fraction of sp³-hybridized carbons (Fsp3) is 0.190. The molecular weight excluding hydrogens is 360 g/mol. The second kappa shape index (κ2) is 7.56. The Kier molecular flexibility index (Phi) is 5.17. The average molecular weight is 380 g/mol. The molecule has 3 aromatic rings. The van der Waals surface area contributed by atoms with Gasteiger partial charge in [0.2, 0.25) is 11.8 Å². The van der Waals surface area contributed by atoms with Crippen LogP contribution in [0.1, 0.15) is 23.6 Å². The van der Waals surface area contributed by atoms with E-state index < -0.39 is 5.63 Å². The lowest BCUT2D eigenvalue weighted by atomic mass is 10.0. The molecule has 3 rings (SSSR count). The summed E-state index contributed by atoms with van der Waals surface area (Å²) >= 11 is 0. The highest BCUT2D eigenvalue weighted by molar-refractivity contribution is 5.94. The Hall–Kier alpha value is -3.61. The molecule has 0 spiro atoms. The van der Waals surface area contributed by atoms with Crippen molar-refractivity contribution in [1.29, 1.82) is 0 Å². The minimum Gasteiger partial charge on any atom is -0.508 e. The van der Waals surface area contributed by atoms with E-state index in [0.29, 0.717) is 33.5 Å². The van der Waals surface area contributed by atoms with Crippen LogP contribution in [0.3, 0.4) is 0 Å². The molecule has 1 heterocycles. The molecule has 0 saturated carbocycles. The van der Waals surface area contributed by atoms with Crippen LogP contribution in [0.5, 0.6) is 5.75 Å². The van der Waals surface area contributed by atoms with E-state index >= 15 is 0 Å². The van der Waals surface area contributed by atoms with Crippen LogP contribution in [-0.4, -0.2) is 16.9 Å². The predicted octanol–water partition coefficient (Wildman–Crippen LogP) is 3.26. The number of rotatable bonds is 4. The van der Waals surface area contributed by atoms with Crippen LogP contribution in [-0.2, 0) is 16.0 Å². The predicted molar refractivity (Wildman–Crippen MR) is 107 cm³/mol. The summed E-state index contributed by atoms with van der Waals surface area (Å²) < 4.78 is 5.35. The van der Waals surface area contributed by atoms with Gasteiger partial charge in [-0.3, -0.25) is 9.59 Å². The fourth-order valence-electron chi connectivity index (χ4n) is 2.99. The average Bonchev–Trinajstić information content (AvgIpc) is 2.63. The maximum absolute atomic E-state index is 12.4. The first-order valence-electron chi connectivity index (χ1n) is 8.68. The Morgan fingerprint density at radius 1 is 0.964 bits per heavy atom. The summed E-state index contributed by atoms with van der Waals surface area (Å²) in [4.78, 5) is 35.8. The fourth-order valence-corrected chi connectivity index (χ4v) is 2.99. The van der Waals surface area contributed by atoms with Crippen molar-refractivity contribution in [2.24, 2.45) is 0 Å². The molecule has 144 valence electrons. The van der Waals surface area contributed by atoms with Gasteiger partial charge in [0, 0.05) is 29.2 Å². The second-order valence-electron chi connectivity index (χ2n) is 6.56. The molecule has 0 radical (unpaired) electrons. The van der Waals surface area contributed by atoms with Crippen LogP contribution in [0.2, 0.25) is 0 Å². The summed E-state index contributed by atoms with van der Waals surface area (Å²) in [5.41, 5.74) is 2.27. The molecule has 0 fully saturated rings. The van der Waals surface area contributed by atoms with Gasteiger partial charge in [-0.25, -0.2) is 4.79 Å². The number of amides is 2. The summed E-state index contributed by atoms with van der Waals surface area (Å²) in [6.45, 7) is 4.83. The Morgan fingerprint density at radius 2 is 1.57 bits per heavy atom. The molecule has 0 aliphatic carbocycles. The highest BCUT2D eigenvalue weighted by Gasteiger charge is 2.17. The van der Waals surface area contributed by atoms with Gasteiger partial charge in [-0.1, -0.05) is 0 Å². The third kappa shape index (κ3) is 3.88. The number of carbonyl (C=O) groups excluding carboxylic acids is 2. The van der Waals surface area contributed by atoms with Gasteiger partial charge in [0.1, 0.15) is 11.3 Å². The molecule has 0 atom stereocenters. The summed E-state index contributed by atoms with van der Waals surface area (Å²) in [5, 5.41) is 15.8. The lowest BCUT2D eigenvalue weighted by molar-refractivity contribution is -0.116. The van der Waals surface area contributed by atoms with E-state index in [4.69, 9.17) is 4.42 Å². The minimum absolute atomic E-state index is 0.0447. The number of anilines is 2. The van der Waals surface area contributed by atoms with Crippen LogP contribution in [0.15, 0.2) is 45.6 Å². The maximum Gasteiger partial charge on any atom is 0.340 e. The number of hydrogen-bond acceptors (Lipinski definition) is 5. The monoisotopic (exact) mass is 380 g/mol. The minimum atomic E-state index is -0.602. The van der Waals surface area contributed by atoms with Crippen LogP contribution < -0.4 is 16.3 Å². The van der Waals surface area contributed by atoms with Crippen molar-refractivity contribution in [3.63, 3.8) is 0 Å². The number of hydrogen-bond donors (Lipinski definition) is 3. The van der Waals surface area contributed by atoms with Gasteiger partial charge in [0.25, 0.3) is 0 Å². The Balaban J connectivity index is 1.82. The highest BCUT2D eigenvalue weighted by atomic mass is 16.4. The van der Waals surface area contributed by atoms with Gasteiger partial charge >= 0.3 is 5.63 Å². The Bertz CT molecular complexity index is 1130. The summed E-state index contributed by atoms with van der Waals surface area (Å²) in [5.74, 6) is -0.500. The molecule has 0 aliphatic rings. The first kappa shape index (κ1) is 19.2. The molecule has 2 aromatic carbocycles. The van der Waals surface area contributed by atoms with E-state index in [-0.39, 0.29) is 29.5 Å². The van der Waals surface area contributed by atoms with Crippen molar-refractivity contribution in [2.75, 3.05) is 10.6 Å². The lowest BCUT2D eigenvalue weighted by Gasteiger charge is -2.11. The van der Waals surface area contributed by atoms with Gasteiger partial charge in [-0.05, 0) is 55.8 Å². The van der Waals surface area contributed by atoms with Crippen LogP contribution in [0.25, 0.3) is 11.0 Å². The second-order valence-corrected chi connectivity index (χ2v) is 6.56. The number of aryl methyl sites for hydroxylation is 2. The molecule has 7 nitrogen and oxygen atoms in total. The largest absolute Gasteiger partial charge is 0.508 e. The molecule has 28 heavy (non-hydrogen) atoms. The third-order valence-corrected chi connectivity index (χ3v) is 4.50. The molecular formula is C21H20N2O5. The molecule has 0 bridgehead atoms. The smallest absolute Gasteiger partial charge is 0.340 e. The maximum atomic E-state index is 12.4. The topological polar surface area (TPSA) is 109 Å². The number of phenols is 1. The summed E-state index contributed by atoms with van der Waals surface area (Å²) in [6, 6.07) is 9.85. The molecule has 7 heteroatoms. The van der Waals surface area contributed by atoms with Gasteiger partial charge in [-0.15, -0.1) is 0 Å². The number of aromatic hydroxyl groups is 1. The lowest BCUT2D eigenvalue weighted by Crippen LogP contribution is -2.20. The zero-order valence-corrected chi connectivity index (χ0v) is 15.8. The quantitative estimate of drug-likeness (QED) is 0.602. The van der Waals surface area contributed by atoms with Crippen LogP contribution in [0, 0.1) is 13.8 Å². The van der Waals surface area contributed by atoms with E-state index in [1.54, 1.807) is 44.2 Å². The number of benzene rings is 2. The van der Waals surface area contributed by atoms with Crippen molar-refractivity contribution < 1.29 is 19.1 Å². The number of carbonyl (C=O) groups is 2. The molecule has 1 aromatic heterocycles. The first-order chi connectivity index (χ1) is 13.3. The van der Waals surface area contributed by atoms with E-state index in [0.717, 1.165) is 0 Å². The first-order valence-corrected chi connectivity index (χ1v) is 8.68. The van der Waals surface area contributed by atoms with Crippen molar-refractivity contribution in [1.82, 2.24) is 0 Å². The van der Waals surface area contributed by atoms with E-state index in [1.165, 1.54) is 13.0 Å². The number of phenolic OH excluding ortho intramolecular Hbond substituents is 1. The van der Waals surface area contributed by atoms with Crippen molar-refractivity contribution in [3.05, 3.63) is 63.5 Å². The zero-order valence-electron chi connectivity index (χ0n) is 15.8. The zero-order chi connectivity index (χ0) is 20.4. The summed E-state index contributed by atoms with van der Waals surface area (Å²) in [6.07, 6.45) is -0.141. The molecule has 0 unspecified atom stereocenters. The molecule has 3 N–H and O–H groups in total. The molecule has 0 aliphatic heterocycles. The highest BCUT2D eigenvalue weighted by Crippen LogP contribution is 2.28. The van der Waals surface area contributed by atoms with Crippen LogP contribution in [0.4, 0.5) is 11.4 Å². The van der Waals surface area contributed by atoms with E-state index in [9.17, 15) is 19.5 Å². The number of fused-ring (bicyclic) bond motifs is 1. The Morgan fingerprint density at radius 3 is 2.18 bits per heavy atom. The van der Waals surface area contributed by atoms with Gasteiger partial charge in [-0.2, -0.15) is 0 Å². The van der Waals surface area contributed by atoms with Crippen molar-refractivity contribution >= 4 is 34.2 Å². The van der Waals surface area contributed by atoms with E-state index in [2.05, 4.69) is 10.6 Å². The van der Waals surface area contributed by atoms with E-state index in [1.807, 2.05) is 0 Å². The van der Waals surface area contributed by atoms with Crippen LogP contribution >= 0.6 is 0 Å². The third-order valence-electron chi connectivity index (χ3n) is 4.50. The van der Waals surface area contributed by atoms with Gasteiger partial charge in [0.05, 0.1) is 12.0 Å². The molecule has 2 amide bonds. The normalized spacial score (nSPS) is 10.7. The standard InChI is InChI=1S/C21H20N2O5/c1-11-16-8-9-18(25)12(2)20(16)28-21(27)17(11)10-19(26)23-15-6-4-14(5-7-15)22-13(3)24/h4-9,25H,10H2,1-3H3,(H,22,24)(H,23,26). The van der Waals surface area contributed by atoms with Gasteiger partial charge in [0.15, 0.2) is 0 Å².